The normalized spacial score (nSPS) is 16.9. The number of hydrogen-bond acceptors (Lipinski definition) is 2. The predicted octanol–water partition coefficient (Wildman–Crippen LogP) is 4.53. The molecule has 0 radical (unpaired) electrons. The van der Waals surface area contributed by atoms with E-state index in [9.17, 15) is 9.18 Å². The van der Waals surface area contributed by atoms with Gasteiger partial charge in [-0.15, -0.1) is 0 Å². The molecule has 1 aliphatic heterocycles. The molecule has 1 aromatic heterocycles. The number of benzene rings is 2. The Labute approximate surface area is 157 Å². The summed E-state index contributed by atoms with van der Waals surface area (Å²) in [6, 6.07) is 12.7. The van der Waals surface area contributed by atoms with E-state index in [0.717, 1.165) is 52.9 Å². The number of halogens is 1. The standard InChI is InChI=1S/C22H23FN2O2/c1-14-18(19-12-16(23)7-10-20(19)24-14)13-22(26)25-11-3-4-21(25)15-5-8-17(27-2)9-6-15/h5-10,12,21,24H,3-4,11,13H2,1-2H3. The molecular formula is C22H23FN2O2. The fraction of sp³-hybridized carbons (Fsp3) is 0.318. The SMILES string of the molecule is COc1ccc(C2CCCN2C(=O)Cc2c(C)[nH]c3ccc(F)cc23)cc1. The fourth-order valence-corrected chi connectivity index (χ4v) is 4.07. The molecule has 1 N–H and O–H groups in total. The summed E-state index contributed by atoms with van der Waals surface area (Å²) in [6.07, 6.45) is 2.23. The predicted molar refractivity (Wildman–Crippen MR) is 103 cm³/mol. The van der Waals surface area contributed by atoms with Crippen LogP contribution in [0.3, 0.4) is 0 Å². The van der Waals surface area contributed by atoms with Crippen molar-refractivity contribution in [3.05, 3.63) is 65.1 Å². The fourth-order valence-electron chi connectivity index (χ4n) is 4.07. The highest BCUT2D eigenvalue weighted by Crippen LogP contribution is 2.34. The number of likely N-dealkylation sites (tertiary alicyclic amines) is 1. The molecule has 1 atom stereocenters. The second kappa shape index (κ2) is 7.06. The summed E-state index contributed by atoms with van der Waals surface area (Å²) in [4.78, 5) is 18.3. The van der Waals surface area contributed by atoms with Crippen LogP contribution in [0.2, 0.25) is 0 Å². The lowest BCUT2D eigenvalue weighted by atomic mass is 10.0. The molecule has 1 saturated heterocycles. The summed E-state index contributed by atoms with van der Waals surface area (Å²) in [6.45, 7) is 2.69. The average molecular weight is 366 g/mol. The first-order valence-electron chi connectivity index (χ1n) is 9.27. The minimum atomic E-state index is -0.285. The van der Waals surface area contributed by atoms with Gasteiger partial charge in [-0.05, 0) is 61.2 Å². The Hall–Kier alpha value is -2.82. The Morgan fingerprint density at radius 2 is 2.04 bits per heavy atom. The molecule has 1 amide bonds. The van der Waals surface area contributed by atoms with Gasteiger partial charge >= 0.3 is 0 Å². The zero-order chi connectivity index (χ0) is 19.0. The summed E-state index contributed by atoms with van der Waals surface area (Å²) in [5.74, 6) is 0.611. The van der Waals surface area contributed by atoms with E-state index in [1.165, 1.54) is 12.1 Å². The van der Waals surface area contributed by atoms with Gasteiger partial charge in [-0.2, -0.15) is 0 Å². The third-order valence-electron chi connectivity index (χ3n) is 5.48. The van der Waals surface area contributed by atoms with Crippen LogP contribution in [0, 0.1) is 12.7 Å². The van der Waals surface area contributed by atoms with Crippen LogP contribution in [-0.2, 0) is 11.2 Å². The lowest BCUT2D eigenvalue weighted by Gasteiger charge is -2.25. The van der Waals surface area contributed by atoms with Gasteiger partial charge < -0.3 is 14.6 Å². The van der Waals surface area contributed by atoms with Gasteiger partial charge in [-0.25, -0.2) is 4.39 Å². The topological polar surface area (TPSA) is 45.3 Å². The highest BCUT2D eigenvalue weighted by molar-refractivity contribution is 5.90. The summed E-state index contributed by atoms with van der Waals surface area (Å²) < 4.78 is 18.9. The molecule has 0 bridgehead atoms. The van der Waals surface area contributed by atoms with Crippen molar-refractivity contribution in [1.29, 1.82) is 0 Å². The van der Waals surface area contributed by atoms with Gasteiger partial charge in [0.05, 0.1) is 19.6 Å². The van der Waals surface area contributed by atoms with Crippen LogP contribution in [0.15, 0.2) is 42.5 Å². The molecule has 4 nitrogen and oxygen atoms in total. The van der Waals surface area contributed by atoms with Crippen molar-refractivity contribution in [3.63, 3.8) is 0 Å². The highest BCUT2D eigenvalue weighted by atomic mass is 19.1. The largest absolute Gasteiger partial charge is 0.497 e. The lowest BCUT2D eigenvalue weighted by Crippen LogP contribution is -2.31. The number of nitrogens with zero attached hydrogens (tertiary/aromatic N) is 1. The summed E-state index contributed by atoms with van der Waals surface area (Å²) in [7, 11) is 1.65. The van der Waals surface area contributed by atoms with Crippen molar-refractivity contribution < 1.29 is 13.9 Å². The van der Waals surface area contributed by atoms with Gasteiger partial charge in [0.25, 0.3) is 0 Å². The summed E-state index contributed by atoms with van der Waals surface area (Å²) in [5.41, 5.74) is 3.80. The van der Waals surface area contributed by atoms with Crippen molar-refractivity contribution in [2.45, 2.75) is 32.2 Å². The molecule has 3 aromatic rings. The third kappa shape index (κ3) is 3.29. The van der Waals surface area contributed by atoms with Crippen molar-refractivity contribution in [2.24, 2.45) is 0 Å². The van der Waals surface area contributed by atoms with Crippen LogP contribution in [-0.4, -0.2) is 29.4 Å². The second-order valence-corrected chi connectivity index (χ2v) is 7.11. The Morgan fingerprint density at radius 1 is 1.26 bits per heavy atom. The van der Waals surface area contributed by atoms with Gasteiger partial charge in [0.15, 0.2) is 0 Å². The zero-order valence-corrected chi connectivity index (χ0v) is 15.6. The molecule has 0 aliphatic carbocycles. The molecule has 2 aromatic carbocycles. The van der Waals surface area contributed by atoms with E-state index < -0.39 is 0 Å². The first-order valence-corrected chi connectivity index (χ1v) is 9.27. The number of hydrogen-bond donors (Lipinski definition) is 1. The maximum absolute atomic E-state index is 13.7. The average Bonchev–Trinajstić information content (AvgIpc) is 3.27. The molecule has 5 heteroatoms. The molecule has 1 fully saturated rings. The Kier molecular flexibility index (Phi) is 4.60. The zero-order valence-electron chi connectivity index (χ0n) is 15.6. The number of aromatic nitrogens is 1. The number of carbonyl (C=O) groups is 1. The van der Waals surface area contributed by atoms with E-state index in [0.29, 0.717) is 0 Å². The second-order valence-electron chi connectivity index (χ2n) is 7.11. The van der Waals surface area contributed by atoms with Crippen molar-refractivity contribution in [1.82, 2.24) is 9.88 Å². The van der Waals surface area contributed by atoms with Crippen LogP contribution in [0.5, 0.6) is 5.75 Å². The van der Waals surface area contributed by atoms with Gasteiger partial charge in [0.1, 0.15) is 11.6 Å². The first kappa shape index (κ1) is 17.6. The number of nitrogens with one attached hydrogen (secondary N) is 1. The van der Waals surface area contributed by atoms with E-state index in [1.807, 2.05) is 36.1 Å². The van der Waals surface area contributed by atoms with Crippen LogP contribution < -0.4 is 4.74 Å². The van der Waals surface area contributed by atoms with E-state index in [-0.39, 0.29) is 24.2 Å². The van der Waals surface area contributed by atoms with Crippen molar-refractivity contribution in [3.8, 4) is 5.75 Å². The van der Waals surface area contributed by atoms with E-state index in [2.05, 4.69) is 4.98 Å². The van der Waals surface area contributed by atoms with Gasteiger partial charge in [0.2, 0.25) is 5.91 Å². The molecule has 4 rings (SSSR count). The molecule has 140 valence electrons. The molecule has 0 saturated carbocycles. The minimum Gasteiger partial charge on any atom is -0.497 e. The number of fused-ring (bicyclic) bond motifs is 1. The maximum atomic E-state index is 13.7. The van der Waals surface area contributed by atoms with Gasteiger partial charge in [-0.1, -0.05) is 12.1 Å². The number of methoxy groups -OCH3 is 1. The molecule has 1 unspecified atom stereocenters. The molecule has 1 aliphatic rings. The number of aryl methyl sites for hydroxylation is 1. The third-order valence-corrected chi connectivity index (χ3v) is 5.48. The van der Waals surface area contributed by atoms with E-state index in [1.54, 1.807) is 13.2 Å². The smallest absolute Gasteiger partial charge is 0.227 e. The monoisotopic (exact) mass is 366 g/mol. The number of carbonyl (C=O) groups excluding carboxylic acids is 1. The Bertz CT molecular complexity index is 978. The Morgan fingerprint density at radius 3 is 2.78 bits per heavy atom. The molecule has 27 heavy (non-hydrogen) atoms. The van der Waals surface area contributed by atoms with Crippen molar-refractivity contribution in [2.75, 3.05) is 13.7 Å². The number of aromatic amines is 1. The number of H-pyrrole nitrogens is 1. The van der Waals surface area contributed by atoms with Gasteiger partial charge in [-0.3, -0.25) is 4.79 Å². The van der Waals surface area contributed by atoms with Crippen LogP contribution in [0.1, 0.15) is 35.7 Å². The maximum Gasteiger partial charge on any atom is 0.227 e. The first-order chi connectivity index (χ1) is 13.1. The number of ether oxygens (including phenoxy) is 1. The molecule has 0 spiro atoms. The van der Waals surface area contributed by atoms with Crippen LogP contribution >= 0.6 is 0 Å². The van der Waals surface area contributed by atoms with Crippen LogP contribution in [0.25, 0.3) is 10.9 Å². The van der Waals surface area contributed by atoms with E-state index in [4.69, 9.17) is 4.74 Å². The van der Waals surface area contributed by atoms with Crippen LogP contribution in [0.4, 0.5) is 4.39 Å². The number of amides is 1. The van der Waals surface area contributed by atoms with Crippen molar-refractivity contribution >= 4 is 16.8 Å². The summed E-state index contributed by atoms with van der Waals surface area (Å²) in [5, 5.41) is 0.793. The molecule has 2 heterocycles. The molecular weight excluding hydrogens is 343 g/mol. The lowest BCUT2D eigenvalue weighted by molar-refractivity contribution is -0.131. The summed E-state index contributed by atoms with van der Waals surface area (Å²) >= 11 is 0. The van der Waals surface area contributed by atoms with Gasteiger partial charge in [0, 0.05) is 23.1 Å². The van der Waals surface area contributed by atoms with E-state index >= 15 is 0 Å². The highest BCUT2D eigenvalue weighted by Gasteiger charge is 2.30. The Balaban J connectivity index is 1.58. The quantitative estimate of drug-likeness (QED) is 0.737. The minimum absolute atomic E-state index is 0.0848. The number of rotatable bonds is 4.